The molecule has 0 aliphatic carbocycles. The van der Waals surface area contributed by atoms with Gasteiger partial charge in [0, 0.05) is 31.2 Å². The molecule has 4 atom stereocenters. The number of rotatable bonds is 16. The Morgan fingerprint density at radius 1 is 0.821 bits per heavy atom. The zero-order valence-electron chi connectivity index (χ0n) is 20.7. The second-order valence-corrected chi connectivity index (χ2v) is 8.63. The second-order valence-electron chi connectivity index (χ2n) is 8.63. The Balaban J connectivity index is 2.22. The fourth-order valence-corrected chi connectivity index (χ4v) is 3.52. The molecule has 15 nitrogen and oxygen atoms in total. The van der Waals surface area contributed by atoms with E-state index in [9.17, 15) is 33.9 Å². The SMILES string of the molecule is NC(Cc1cnc[nH]1)C(=O)NC(Cc1ccccc1)C(=O)NC(CCC(=O)O)C(=O)NC(CC(=O)O)C(=O)O. The van der Waals surface area contributed by atoms with E-state index in [2.05, 4.69) is 20.6 Å². The van der Waals surface area contributed by atoms with Gasteiger partial charge in [0.05, 0.1) is 18.8 Å². The number of hydrogen-bond acceptors (Lipinski definition) is 8. The number of hydrogen-bond donors (Lipinski definition) is 8. The van der Waals surface area contributed by atoms with Gasteiger partial charge in [0.25, 0.3) is 0 Å². The fourth-order valence-electron chi connectivity index (χ4n) is 3.52. The van der Waals surface area contributed by atoms with E-state index in [4.69, 9.17) is 15.9 Å². The van der Waals surface area contributed by atoms with Gasteiger partial charge >= 0.3 is 17.9 Å². The van der Waals surface area contributed by atoms with E-state index in [1.54, 1.807) is 30.3 Å². The van der Waals surface area contributed by atoms with Crippen LogP contribution in [0.5, 0.6) is 0 Å². The maximum Gasteiger partial charge on any atom is 0.326 e. The number of nitrogens with one attached hydrogen (secondary N) is 4. The Hall–Kier alpha value is -4.79. The summed E-state index contributed by atoms with van der Waals surface area (Å²) in [7, 11) is 0. The maximum absolute atomic E-state index is 13.3. The molecule has 0 bridgehead atoms. The van der Waals surface area contributed by atoms with Crippen molar-refractivity contribution in [3.8, 4) is 0 Å². The third-order valence-electron chi connectivity index (χ3n) is 5.52. The number of benzene rings is 1. The van der Waals surface area contributed by atoms with E-state index in [0.29, 0.717) is 11.3 Å². The van der Waals surface area contributed by atoms with Gasteiger partial charge in [-0.1, -0.05) is 30.3 Å². The average molecular weight is 547 g/mol. The normalized spacial score (nSPS) is 13.8. The van der Waals surface area contributed by atoms with E-state index in [1.807, 2.05) is 5.32 Å². The molecule has 2 rings (SSSR count). The van der Waals surface area contributed by atoms with Crippen molar-refractivity contribution in [1.29, 1.82) is 0 Å². The van der Waals surface area contributed by atoms with Gasteiger partial charge in [0.1, 0.15) is 18.1 Å². The van der Waals surface area contributed by atoms with Crippen LogP contribution in [0, 0.1) is 0 Å². The molecule has 2 aromatic rings. The molecule has 0 saturated heterocycles. The molecule has 4 unspecified atom stereocenters. The number of carboxylic acids is 3. The lowest BCUT2D eigenvalue weighted by Crippen LogP contribution is -2.58. The van der Waals surface area contributed by atoms with Crippen LogP contribution in [0.25, 0.3) is 0 Å². The third kappa shape index (κ3) is 10.6. The van der Waals surface area contributed by atoms with E-state index in [0.717, 1.165) is 0 Å². The topological polar surface area (TPSA) is 254 Å². The molecule has 0 saturated carbocycles. The number of amides is 3. The Bertz CT molecular complexity index is 1160. The molecule has 0 spiro atoms. The largest absolute Gasteiger partial charge is 0.481 e. The van der Waals surface area contributed by atoms with Crippen molar-refractivity contribution in [2.45, 2.75) is 56.3 Å². The standard InChI is InChI=1S/C24H30N6O9/c25-15(9-14-11-26-12-27-14)21(35)29-17(8-13-4-2-1-3-5-13)23(37)28-16(6-7-19(31)32)22(36)30-18(24(38)39)10-20(33)34/h1-5,11-12,15-18H,6-10,25H2,(H,26,27)(H,28,37)(H,29,35)(H,30,36)(H,31,32)(H,33,34)(H,38,39). The van der Waals surface area contributed by atoms with E-state index in [1.165, 1.54) is 12.5 Å². The molecule has 1 heterocycles. The number of carbonyl (C=O) groups is 6. The lowest BCUT2D eigenvalue weighted by Gasteiger charge is -2.25. The van der Waals surface area contributed by atoms with Crippen LogP contribution in [0.2, 0.25) is 0 Å². The number of carboxylic acid groups (broad SMARTS) is 3. The summed E-state index contributed by atoms with van der Waals surface area (Å²) in [6.45, 7) is 0. The van der Waals surface area contributed by atoms with Gasteiger partial charge in [0.2, 0.25) is 17.7 Å². The van der Waals surface area contributed by atoms with Crippen molar-refractivity contribution in [3.63, 3.8) is 0 Å². The number of nitrogens with zero attached hydrogens (tertiary/aromatic N) is 1. The Kier molecular flexibility index (Phi) is 11.6. The summed E-state index contributed by atoms with van der Waals surface area (Å²) in [5.74, 6) is -7.06. The lowest BCUT2D eigenvalue weighted by molar-refractivity contribution is -0.147. The van der Waals surface area contributed by atoms with Crippen LogP contribution in [0.15, 0.2) is 42.9 Å². The predicted octanol–water partition coefficient (Wildman–Crippen LogP) is -1.60. The van der Waals surface area contributed by atoms with Crippen molar-refractivity contribution >= 4 is 35.6 Å². The first-order valence-corrected chi connectivity index (χ1v) is 11.8. The monoisotopic (exact) mass is 546 g/mol. The van der Waals surface area contributed by atoms with E-state index in [-0.39, 0.29) is 12.8 Å². The predicted molar refractivity (Wildman–Crippen MR) is 133 cm³/mol. The molecule has 39 heavy (non-hydrogen) atoms. The summed E-state index contributed by atoms with van der Waals surface area (Å²) >= 11 is 0. The van der Waals surface area contributed by atoms with E-state index < -0.39 is 79.1 Å². The average Bonchev–Trinajstić information content (AvgIpc) is 3.38. The van der Waals surface area contributed by atoms with Gasteiger partial charge in [-0.25, -0.2) is 9.78 Å². The van der Waals surface area contributed by atoms with Gasteiger partial charge in [-0.05, 0) is 12.0 Å². The molecular weight excluding hydrogens is 516 g/mol. The molecule has 15 heteroatoms. The van der Waals surface area contributed by atoms with Crippen molar-refractivity contribution in [1.82, 2.24) is 25.9 Å². The van der Waals surface area contributed by atoms with Gasteiger partial charge in [-0.3, -0.25) is 24.0 Å². The van der Waals surface area contributed by atoms with Crippen molar-refractivity contribution in [2.75, 3.05) is 0 Å². The molecule has 0 aliphatic heterocycles. The van der Waals surface area contributed by atoms with Gasteiger partial charge in [0.15, 0.2) is 0 Å². The highest BCUT2D eigenvalue weighted by atomic mass is 16.4. The summed E-state index contributed by atoms with van der Waals surface area (Å²) in [5, 5.41) is 34.1. The number of aromatic amines is 1. The van der Waals surface area contributed by atoms with Crippen molar-refractivity contribution < 1.29 is 44.1 Å². The smallest absolute Gasteiger partial charge is 0.326 e. The Labute approximate surface area is 222 Å². The summed E-state index contributed by atoms with van der Waals surface area (Å²) in [5.41, 5.74) is 7.22. The van der Waals surface area contributed by atoms with Gasteiger partial charge in [-0.15, -0.1) is 0 Å². The number of carbonyl (C=O) groups excluding carboxylic acids is 3. The minimum atomic E-state index is -1.82. The Morgan fingerprint density at radius 2 is 1.44 bits per heavy atom. The fraction of sp³-hybridized carbons (Fsp3) is 0.375. The highest BCUT2D eigenvalue weighted by Gasteiger charge is 2.31. The zero-order chi connectivity index (χ0) is 28.9. The van der Waals surface area contributed by atoms with Crippen LogP contribution in [-0.4, -0.2) is 85.1 Å². The second kappa shape index (κ2) is 14.8. The number of aromatic nitrogens is 2. The van der Waals surface area contributed by atoms with Crippen LogP contribution in [-0.2, 0) is 41.6 Å². The molecule has 210 valence electrons. The minimum absolute atomic E-state index is 0.0147. The summed E-state index contributed by atoms with van der Waals surface area (Å²) < 4.78 is 0. The molecule has 9 N–H and O–H groups in total. The molecule has 3 amide bonds. The molecule has 1 aromatic heterocycles. The molecule has 0 aliphatic rings. The molecule has 1 aromatic carbocycles. The van der Waals surface area contributed by atoms with Gasteiger partial charge < -0.3 is 42.0 Å². The van der Waals surface area contributed by atoms with Gasteiger partial charge in [-0.2, -0.15) is 0 Å². The lowest BCUT2D eigenvalue weighted by atomic mass is 10.0. The highest BCUT2D eigenvalue weighted by Crippen LogP contribution is 2.07. The maximum atomic E-state index is 13.3. The number of imidazole rings is 1. The van der Waals surface area contributed by atoms with E-state index >= 15 is 0 Å². The number of aliphatic carboxylic acids is 3. The summed E-state index contributed by atoms with van der Waals surface area (Å²) in [6.07, 6.45) is 1.04. The first-order valence-electron chi connectivity index (χ1n) is 11.8. The van der Waals surface area contributed by atoms with Crippen LogP contribution in [0.4, 0.5) is 0 Å². The summed E-state index contributed by atoms with van der Waals surface area (Å²) in [6, 6.07) is 2.92. The molecular formula is C24H30N6O9. The quantitative estimate of drug-likeness (QED) is 0.119. The first kappa shape index (κ1) is 30.4. The highest BCUT2D eigenvalue weighted by molar-refractivity contribution is 5.95. The molecule has 0 fully saturated rings. The van der Waals surface area contributed by atoms with Crippen LogP contribution in [0.3, 0.4) is 0 Å². The number of H-pyrrole nitrogens is 1. The zero-order valence-corrected chi connectivity index (χ0v) is 20.7. The van der Waals surface area contributed by atoms with Crippen molar-refractivity contribution in [2.24, 2.45) is 5.73 Å². The minimum Gasteiger partial charge on any atom is -0.481 e. The molecule has 0 radical (unpaired) electrons. The van der Waals surface area contributed by atoms with Crippen molar-refractivity contribution in [3.05, 3.63) is 54.1 Å². The number of nitrogens with two attached hydrogens (primary N) is 1. The Morgan fingerprint density at radius 3 is 2.00 bits per heavy atom. The van der Waals surface area contributed by atoms with Crippen LogP contribution in [0.1, 0.15) is 30.5 Å². The van der Waals surface area contributed by atoms with Crippen LogP contribution < -0.4 is 21.7 Å². The first-order chi connectivity index (χ1) is 18.5. The summed E-state index contributed by atoms with van der Waals surface area (Å²) in [4.78, 5) is 79.0. The third-order valence-corrected chi connectivity index (χ3v) is 5.52. The van der Waals surface area contributed by atoms with Crippen LogP contribution >= 0.6 is 0 Å².